The van der Waals surface area contributed by atoms with E-state index in [9.17, 15) is 19.4 Å². The van der Waals surface area contributed by atoms with E-state index < -0.39 is 23.9 Å². The summed E-state index contributed by atoms with van der Waals surface area (Å²) in [5.74, 6) is -1.26. The third-order valence-corrected chi connectivity index (χ3v) is 6.75. The summed E-state index contributed by atoms with van der Waals surface area (Å²) in [4.78, 5) is 17.3. The van der Waals surface area contributed by atoms with Crippen LogP contribution in [0, 0.1) is 12.7 Å². The quantitative estimate of drug-likeness (QED) is 0.303. The van der Waals surface area contributed by atoms with Crippen LogP contribution in [0.4, 0.5) is 4.39 Å². The molecule has 0 bridgehead atoms. The van der Waals surface area contributed by atoms with Crippen LogP contribution in [0.2, 0.25) is 0 Å². The number of aryl methyl sites for hydroxylation is 1. The summed E-state index contributed by atoms with van der Waals surface area (Å²) in [5.41, 5.74) is 1.81. The van der Waals surface area contributed by atoms with Gasteiger partial charge < -0.3 is 15.1 Å². The van der Waals surface area contributed by atoms with Crippen LogP contribution in [-0.2, 0) is 4.79 Å². The summed E-state index contributed by atoms with van der Waals surface area (Å²) < 4.78 is 15.0. The molecule has 0 aromatic heterocycles. The van der Waals surface area contributed by atoms with Crippen LogP contribution in [0.1, 0.15) is 68.7 Å². The van der Waals surface area contributed by atoms with E-state index in [1.165, 1.54) is 6.07 Å². The molecule has 0 aliphatic carbocycles. The second-order valence-corrected chi connectivity index (χ2v) is 9.43. The van der Waals surface area contributed by atoms with E-state index in [1.807, 2.05) is 19.1 Å². The van der Waals surface area contributed by atoms with Crippen molar-refractivity contribution in [2.45, 2.75) is 65.1 Å². The smallest absolute Gasteiger partial charge is 0.208 e. The van der Waals surface area contributed by atoms with Gasteiger partial charge in [-0.25, -0.2) is 4.39 Å². The molecule has 0 radical (unpaired) electrons. The van der Waals surface area contributed by atoms with Crippen LogP contribution in [0.25, 0.3) is 5.76 Å². The Morgan fingerprint density at radius 1 is 0.971 bits per heavy atom. The Hall–Kier alpha value is -2.54. The van der Waals surface area contributed by atoms with Crippen LogP contribution in [0.3, 0.4) is 0 Å². The molecule has 1 fully saturated rings. The topological polar surface area (TPSA) is 64.0 Å². The van der Waals surface area contributed by atoms with E-state index in [0.29, 0.717) is 12.1 Å². The molecule has 1 heterocycles. The highest BCUT2D eigenvalue weighted by Crippen LogP contribution is 2.41. The summed E-state index contributed by atoms with van der Waals surface area (Å²) in [5, 5.41) is 22.1. The molecule has 0 saturated carbocycles. The minimum atomic E-state index is -1.43. The van der Waals surface area contributed by atoms with E-state index in [2.05, 4.69) is 18.7 Å². The van der Waals surface area contributed by atoms with Gasteiger partial charge in [0, 0.05) is 17.7 Å². The number of halogens is 1. The molecule has 0 spiro atoms. The zero-order valence-corrected chi connectivity index (χ0v) is 21.2. The van der Waals surface area contributed by atoms with Crippen LogP contribution < -0.4 is 0 Å². The van der Waals surface area contributed by atoms with Crippen LogP contribution in [-0.4, -0.2) is 58.2 Å². The van der Waals surface area contributed by atoms with Gasteiger partial charge in [-0.05, 0) is 51.9 Å². The van der Waals surface area contributed by atoms with E-state index in [1.54, 1.807) is 35.2 Å². The average Bonchev–Trinajstić information content (AvgIpc) is 3.10. The first-order valence-corrected chi connectivity index (χ1v) is 12.8. The molecule has 5 nitrogen and oxygen atoms in total. The molecule has 2 aromatic rings. The normalized spacial score (nSPS) is 20.1. The van der Waals surface area contributed by atoms with E-state index in [4.69, 9.17) is 0 Å². The van der Waals surface area contributed by atoms with Crippen LogP contribution in [0.15, 0.2) is 54.1 Å². The third kappa shape index (κ3) is 6.57. The molecule has 3 rings (SSSR count). The molecule has 2 atom stereocenters. The van der Waals surface area contributed by atoms with E-state index >= 15 is 0 Å². The lowest BCUT2D eigenvalue weighted by Crippen LogP contribution is -2.37. The number of carbonyl (C=O) groups excluding carboxylic acids is 1. The number of hydrogen-bond donors (Lipinski definition) is 2. The molecule has 190 valence electrons. The molecule has 2 N–H and O–H groups in total. The maximum Gasteiger partial charge on any atom is 0.208 e. The van der Waals surface area contributed by atoms with Crippen molar-refractivity contribution in [3.8, 4) is 0 Å². The van der Waals surface area contributed by atoms with Crippen molar-refractivity contribution in [1.82, 2.24) is 9.80 Å². The Morgan fingerprint density at radius 3 is 2.17 bits per heavy atom. The first-order chi connectivity index (χ1) is 16.9. The molecular weight excluding hydrogens is 443 g/mol. The third-order valence-electron chi connectivity index (χ3n) is 6.75. The largest absolute Gasteiger partial charge is 0.507 e. The molecule has 1 aliphatic heterocycles. The van der Waals surface area contributed by atoms with Gasteiger partial charge in [0.15, 0.2) is 6.23 Å². The predicted molar refractivity (Wildman–Crippen MR) is 138 cm³/mol. The van der Waals surface area contributed by atoms with Crippen molar-refractivity contribution >= 4 is 11.5 Å². The second-order valence-electron chi connectivity index (χ2n) is 9.43. The Bertz CT molecular complexity index is 997. The molecule has 1 saturated heterocycles. The second kappa shape index (κ2) is 13.0. The number of aliphatic hydroxyl groups is 2. The fraction of sp³-hybridized carbons (Fsp3) is 0.483. The Kier molecular flexibility index (Phi) is 10.0. The standard InChI is InChI=1S/C29H39FN2O3/c1-4-6-17-31(18-7-5-2)19-10-20-32-26(23-11-8-9-12-24(23)30)25(28(34)29(32)35)27(33)22-15-13-21(3)14-16-22/h8-9,11-16,26,29,33,35H,4-7,10,17-20H2,1-3H3/t26-,29-/m1/s1. The summed E-state index contributed by atoms with van der Waals surface area (Å²) in [6.45, 7) is 9.58. The van der Waals surface area contributed by atoms with E-state index in [0.717, 1.165) is 57.3 Å². The zero-order valence-electron chi connectivity index (χ0n) is 21.2. The number of likely N-dealkylation sites (tertiary alicyclic amines) is 1. The summed E-state index contributed by atoms with van der Waals surface area (Å²) in [7, 11) is 0. The van der Waals surface area contributed by atoms with Crippen molar-refractivity contribution in [2.24, 2.45) is 0 Å². The molecule has 0 amide bonds. The maximum atomic E-state index is 15.0. The fourth-order valence-corrected chi connectivity index (χ4v) is 4.70. The molecule has 35 heavy (non-hydrogen) atoms. The summed E-state index contributed by atoms with van der Waals surface area (Å²) >= 11 is 0. The van der Waals surface area contributed by atoms with Gasteiger partial charge in [0.2, 0.25) is 5.78 Å². The zero-order chi connectivity index (χ0) is 25.4. The minimum Gasteiger partial charge on any atom is -0.507 e. The number of unbranched alkanes of at least 4 members (excludes halogenated alkanes) is 2. The number of hydrogen-bond acceptors (Lipinski definition) is 5. The van der Waals surface area contributed by atoms with Gasteiger partial charge in [-0.3, -0.25) is 9.69 Å². The highest BCUT2D eigenvalue weighted by atomic mass is 19.1. The Balaban J connectivity index is 1.91. The first-order valence-electron chi connectivity index (χ1n) is 12.8. The highest BCUT2D eigenvalue weighted by molar-refractivity contribution is 6.07. The van der Waals surface area contributed by atoms with Gasteiger partial charge in [0.1, 0.15) is 11.6 Å². The van der Waals surface area contributed by atoms with Gasteiger partial charge in [-0.1, -0.05) is 74.7 Å². The SMILES string of the molecule is CCCCN(CCCC)CCCN1[C@H](O)C(=O)C(=C(O)c2ccc(C)cc2)[C@H]1c1ccccc1F. The summed E-state index contributed by atoms with van der Waals surface area (Å²) in [6, 6.07) is 12.6. The van der Waals surface area contributed by atoms with Crippen LogP contribution in [0.5, 0.6) is 0 Å². The van der Waals surface area contributed by atoms with Gasteiger partial charge in [0.25, 0.3) is 0 Å². The highest BCUT2D eigenvalue weighted by Gasteiger charge is 2.46. The van der Waals surface area contributed by atoms with Crippen molar-refractivity contribution in [3.63, 3.8) is 0 Å². The lowest BCUT2D eigenvalue weighted by molar-refractivity contribution is -0.127. The number of aliphatic hydroxyl groups excluding tert-OH is 2. The van der Waals surface area contributed by atoms with E-state index in [-0.39, 0.29) is 16.9 Å². The number of benzene rings is 2. The van der Waals surface area contributed by atoms with Gasteiger partial charge in [0.05, 0.1) is 11.6 Å². The number of rotatable bonds is 12. The fourth-order valence-electron chi connectivity index (χ4n) is 4.70. The van der Waals surface area contributed by atoms with Gasteiger partial charge >= 0.3 is 0 Å². The summed E-state index contributed by atoms with van der Waals surface area (Å²) in [6.07, 6.45) is 3.81. The first kappa shape index (κ1) is 27.1. The number of ketones is 1. The molecule has 6 heteroatoms. The molecular formula is C29H39FN2O3. The van der Waals surface area contributed by atoms with Crippen molar-refractivity contribution in [3.05, 3.63) is 76.6 Å². The van der Waals surface area contributed by atoms with Crippen LogP contribution >= 0.6 is 0 Å². The monoisotopic (exact) mass is 482 g/mol. The molecule has 0 unspecified atom stereocenters. The van der Waals surface area contributed by atoms with Crippen molar-refractivity contribution in [1.29, 1.82) is 0 Å². The lowest BCUT2D eigenvalue weighted by Gasteiger charge is -2.29. The number of Topliss-reactive ketones (excluding diaryl/α,β-unsaturated/α-hetero) is 1. The predicted octanol–water partition coefficient (Wildman–Crippen LogP) is 5.64. The van der Waals surface area contributed by atoms with Gasteiger partial charge in [-0.2, -0.15) is 0 Å². The lowest BCUT2D eigenvalue weighted by atomic mass is 9.94. The van der Waals surface area contributed by atoms with Gasteiger partial charge in [-0.15, -0.1) is 0 Å². The Labute approximate surface area is 208 Å². The minimum absolute atomic E-state index is 0.0419. The Morgan fingerprint density at radius 2 is 1.57 bits per heavy atom. The number of carbonyl (C=O) groups is 1. The van der Waals surface area contributed by atoms with Crippen molar-refractivity contribution in [2.75, 3.05) is 26.2 Å². The molecule has 1 aliphatic rings. The molecule has 2 aromatic carbocycles. The maximum absolute atomic E-state index is 15.0. The number of nitrogens with zero attached hydrogens (tertiary/aromatic N) is 2. The van der Waals surface area contributed by atoms with Crippen molar-refractivity contribution < 1.29 is 19.4 Å². The average molecular weight is 483 g/mol.